The van der Waals surface area contributed by atoms with Crippen LogP contribution in [0.3, 0.4) is 0 Å². The Kier molecular flexibility index (Phi) is 6.50. The molecule has 5 rings (SSSR count). The van der Waals surface area contributed by atoms with Crippen molar-refractivity contribution in [3.63, 3.8) is 0 Å². The molecule has 1 amide bonds. The van der Waals surface area contributed by atoms with Gasteiger partial charge in [-0.05, 0) is 30.3 Å². The van der Waals surface area contributed by atoms with Gasteiger partial charge in [0, 0.05) is 16.5 Å². The molecule has 0 radical (unpaired) electrons. The highest BCUT2D eigenvalue weighted by atomic mass is 35.5. The van der Waals surface area contributed by atoms with Crippen LogP contribution in [0.2, 0.25) is 10.0 Å². The Morgan fingerprint density at radius 3 is 2.60 bits per heavy atom. The lowest BCUT2D eigenvalue weighted by molar-refractivity contribution is -0.119. The number of benzene rings is 3. The maximum atomic E-state index is 12.8. The fourth-order valence-corrected chi connectivity index (χ4v) is 4.47. The molecule has 0 aliphatic heterocycles. The van der Waals surface area contributed by atoms with Crippen molar-refractivity contribution in [2.45, 2.75) is 0 Å². The summed E-state index contributed by atoms with van der Waals surface area (Å²) in [6.45, 7) is -0.463. The second kappa shape index (κ2) is 9.87. The summed E-state index contributed by atoms with van der Waals surface area (Å²) in [5.74, 6) is -0.595. The van der Waals surface area contributed by atoms with Crippen molar-refractivity contribution in [3.8, 4) is 22.6 Å². The van der Waals surface area contributed by atoms with Crippen molar-refractivity contribution >= 4 is 62.6 Å². The third-order valence-corrected chi connectivity index (χ3v) is 6.59. The first kappa shape index (κ1) is 23.0. The third-order valence-electron chi connectivity index (χ3n) is 5.09. The smallest absolute Gasteiger partial charge is 0.339 e. The van der Waals surface area contributed by atoms with E-state index in [2.05, 4.69) is 20.3 Å². The summed E-state index contributed by atoms with van der Waals surface area (Å²) in [6.07, 6.45) is 0. The largest absolute Gasteiger partial charge is 0.452 e. The second-order valence-corrected chi connectivity index (χ2v) is 9.11. The molecule has 7 nitrogen and oxygen atoms in total. The number of carbonyl (C=O) groups excluding carboxylic acids is 2. The van der Waals surface area contributed by atoms with Crippen LogP contribution < -0.4 is 5.32 Å². The van der Waals surface area contributed by atoms with E-state index in [9.17, 15) is 9.59 Å². The molecule has 0 spiro atoms. The van der Waals surface area contributed by atoms with Crippen LogP contribution in [-0.4, -0.2) is 33.4 Å². The summed E-state index contributed by atoms with van der Waals surface area (Å²) in [4.78, 5) is 37.3. The number of aromatic amines is 1. The molecule has 10 heteroatoms. The topological polar surface area (TPSA) is 97.0 Å². The molecule has 0 unspecified atom stereocenters. The minimum atomic E-state index is -0.633. The number of halogens is 2. The lowest BCUT2D eigenvalue weighted by Crippen LogP contribution is -2.21. The van der Waals surface area contributed by atoms with E-state index in [-0.39, 0.29) is 0 Å². The number of esters is 1. The molecule has 0 saturated carbocycles. The number of nitrogens with zero attached hydrogens (tertiary/aromatic N) is 2. The first-order valence-electron chi connectivity index (χ1n) is 10.4. The molecule has 35 heavy (non-hydrogen) atoms. The average Bonchev–Trinajstić information content (AvgIpc) is 3.51. The van der Waals surface area contributed by atoms with Gasteiger partial charge in [-0.1, -0.05) is 59.6 Å². The van der Waals surface area contributed by atoms with E-state index >= 15 is 0 Å². The number of amides is 1. The lowest BCUT2D eigenvalue weighted by atomic mass is 10.1. The van der Waals surface area contributed by atoms with Crippen LogP contribution >= 0.6 is 34.5 Å². The van der Waals surface area contributed by atoms with E-state index < -0.39 is 18.5 Å². The van der Waals surface area contributed by atoms with E-state index in [0.29, 0.717) is 37.8 Å². The number of aromatic nitrogens is 3. The monoisotopic (exact) mass is 522 g/mol. The summed E-state index contributed by atoms with van der Waals surface area (Å²) in [5.41, 5.74) is 3.93. The molecular weight excluding hydrogens is 507 g/mol. The third kappa shape index (κ3) is 5.05. The van der Waals surface area contributed by atoms with Gasteiger partial charge in [-0.2, -0.15) is 0 Å². The van der Waals surface area contributed by atoms with Gasteiger partial charge >= 0.3 is 5.97 Å². The van der Waals surface area contributed by atoms with Gasteiger partial charge in [0.25, 0.3) is 5.91 Å². The molecule has 0 fully saturated rings. The highest BCUT2D eigenvalue weighted by molar-refractivity contribution is 7.14. The van der Waals surface area contributed by atoms with Crippen molar-refractivity contribution in [3.05, 3.63) is 87.7 Å². The number of hydrogen-bond donors (Lipinski definition) is 2. The zero-order valence-corrected chi connectivity index (χ0v) is 20.2. The summed E-state index contributed by atoms with van der Waals surface area (Å²) >= 11 is 13.3. The van der Waals surface area contributed by atoms with Crippen molar-refractivity contribution in [1.82, 2.24) is 15.0 Å². The molecule has 0 aliphatic carbocycles. The van der Waals surface area contributed by atoms with Gasteiger partial charge in [-0.15, -0.1) is 11.3 Å². The van der Waals surface area contributed by atoms with Gasteiger partial charge in [0.1, 0.15) is 5.82 Å². The van der Waals surface area contributed by atoms with Gasteiger partial charge in [0.15, 0.2) is 11.7 Å². The fourth-order valence-electron chi connectivity index (χ4n) is 3.43. The minimum Gasteiger partial charge on any atom is -0.452 e. The SMILES string of the molecule is O=C(COC(=O)c1ccccc1-c1nc2ccccc2[nH]1)Nc1nc(-c2ccc(Cl)c(Cl)c2)cs1. The van der Waals surface area contributed by atoms with E-state index in [0.717, 1.165) is 16.6 Å². The number of anilines is 1. The maximum Gasteiger partial charge on any atom is 0.339 e. The Hall–Kier alpha value is -3.72. The molecular formula is C25H16Cl2N4O3S. The molecule has 5 aromatic rings. The van der Waals surface area contributed by atoms with Crippen LogP contribution in [0.5, 0.6) is 0 Å². The second-order valence-electron chi connectivity index (χ2n) is 7.44. The number of rotatable bonds is 6. The van der Waals surface area contributed by atoms with Gasteiger partial charge in [-0.3, -0.25) is 10.1 Å². The standard InChI is InChI=1S/C25H16Cl2N4O3S/c26-17-10-9-14(11-18(17)27)21-13-35-25(30-21)31-22(32)12-34-24(33)16-6-2-1-5-15(16)23-28-19-7-3-4-8-20(19)29-23/h1-11,13H,12H2,(H,28,29)(H,30,31,32). The fraction of sp³-hybridized carbons (Fsp3) is 0.0400. The zero-order valence-electron chi connectivity index (χ0n) is 17.9. The Morgan fingerprint density at radius 2 is 1.77 bits per heavy atom. The number of thiazole rings is 1. The summed E-state index contributed by atoms with van der Waals surface area (Å²) in [5, 5.41) is 5.66. The highest BCUT2D eigenvalue weighted by Gasteiger charge is 2.18. The molecule has 0 bridgehead atoms. The van der Waals surface area contributed by atoms with Gasteiger partial charge < -0.3 is 9.72 Å². The number of fused-ring (bicyclic) bond motifs is 1. The zero-order chi connectivity index (χ0) is 24.4. The first-order valence-corrected chi connectivity index (χ1v) is 12.0. The normalized spacial score (nSPS) is 10.9. The van der Waals surface area contributed by atoms with Crippen LogP contribution in [0.15, 0.2) is 72.1 Å². The van der Waals surface area contributed by atoms with Crippen LogP contribution in [0, 0.1) is 0 Å². The van der Waals surface area contributed by atoms with Crippen LogP contribution in [0.25, 0.3) is 33.7 Å². The number of imidazole rings is 1. The Balaban J connectivity index is 1.24. The molecule has 0 atom stereocenters. The molecule has 2 N–H and O–H groups in total. The minimum absolute atomic E-state index is 0.301. The van der Waals surface area contributed by atoms with E-state index in [1.807, 2.05) is 24.3 Å². The predicted molar refractivity (Wildman–Crippen MR) is 138 cm³/mol. The highest BCUT2D eigenvalue weighted by Crippen LogP contribution is 2.30. The predicted octanol–water partition coefficient (Wildman–Crippen LogP) is 6.46. The summed E-state index contributed by atoms with van der Waals surface area (Å²) in [7, 11) is 0. The Morgan fingerprint density at radius 1 is 0.971 bits per heavy atom. The number of hydrogen-bond acceptors (Lipinski definition) is 6. The van der Waals surface area contributed by atoms with Crippen molar-refractivity contribution in [2.24, 2.45) is 0 Å². The quantitative estimate of drug-likeness (QED) is 0.249. The molecule has 0 aliphatic rings. The van der Waals surface area contributed by atoms with Crippen molar-refractivity contribution in [1.29, 1.82) is 0 Å². The number of H-pyrrole nitrogens is 1. The summed E-state index contributed by atoms with van der Waals surface area (Å²) in [6, 6.07) is 19.7. The van der Waals surface area contributed by atoms with Gasteiger partial charge in [0.2, 0.25) is 0 Å². The molecule has 0 saturated heterocycles. The molecule has 2 aromatic heterocycles. The van der Waals surface area contributed by atoms with E-state index in [1.165, 1.54) is 11.3 Å². The number of para-hydroxylation sites is 2. The van der Waals surface area contributed by atoms with Gasteiger partial charge in [0.05, 0.1) is 32.3 Å². The molecule has 2 heterocycles. The van der Waals surface area contributed by atoms with E-state index in [4.69, 9.17) is 27.9 Å². The Labute approximate surface area is 213 Å². The number of nitrogens with one attached hydrogen (secondary N) is 2. The number of ether oxygens (including phenoxy) is 1. The van der Waals surface area contributed by atoms with Crippen LogP contribution in [0.4, 0.5) is 5.13 Å². The average molecular weight is 523 g/mol. The van der Waals surface area contributed by atoms with Crippen molar-refractivity contribution in [2.75, 3.05) is 11.9 Å². The molecule has 174 valence electrons. The van der Waals surface area contributed by atoms with Crippen molar-refractivity contribution < 1.29 is 14.3 Å². The Bertz CT molecular complexity index is 1530. The first-order chi connectivity index (χ1) is 17.0. The van der Waals surface area contributed by atoms with Crippen LogP contribution in [0.1, 0.15) is 10.4 Å². The van der Waals surface area contributed by atoms with E-state index in [1.54, 1.807) is 47.8 Å². The maximum absolute atomic E-state index is 12.8. The van der Waals surface area contributed by atoms with Crippen LogP contribution in [-0.2, 0) is 9.53 Å². The summed E-state index contributed by atoms with van der Waals surface area (Å²) < 4.78 is 5.27. The van der Waals surface area contributed by atoms with Gasteiger partial charge in [-0.25, -0.2) is 14.8 Å². The number of carbonyl (C=O) groups is 2. The lowest BCUT2D eigenvalue weighted by Gasteiger charge is -2.08. The molecule has 3 aromatic carbocycles.